The summed E-state index contributed by atoms with van der Waals surface area (Å²) in [6.07, 6.45) is 0.0839. The predicted molar refractivity (Wildman–Crippen MR) is 90.8 cm³/mol. The molecule has 0 saturated heterocycles. The summed E-state index contributed by atoms with van der Waals surface area (Å²) in [7, 11) is 1.55. The molecule has 1 heterocycles. The van der Waals surface area contributed by atoms with E-state index in [9.17, 15) is 9.59 Å². The Balaban J connectivity index is 2.10. The first-order chi connectivity index (χ1) is 11.0. The van der Waals surface area contributed by atoms with E-state index >= 15 is 0 Å². The van der Waals surface area contributed by atoms with Crippen LogP contribution >= 0.6 is 11.3 Å². The van der Waals surface area contributed by atoms with Crippen LogP contribution in [0.25, 0.3) is 0 Å². The van der Waals surface area contributed by atoms with Gasteiger partial charge < -0.3 is 21.1 Å². The Bertz CT molecular complexity index is 686. The Kier molecular flexibility index (Phi) is 5.59. The van der Waals surface area contributed by atoms with Gasteiger partial charge in [0.1, 0.15) is 5.75 Å². The van der Waals surface area contributed by atoms with Crippen molar-refractivity contribution in [3.05, 3.63) is 46.2 Å². The Morgan fingerprint density at radius 1 is 1.35 bits per heavy atom. The van der Waals surface area contributed by atoms with Crippen LogP contribution in [0.4, 0.5) is 10.5 Å². The zero-order chi connectivity index (χ0) is 16.8. The van der Waals surface area contributed by atoms with Crippen molar-refractivity contribution in [1.29, 1.82) is 0 Å². The summed E-state index contributed by atoms with van der Waals surface area (Å²) in [5.74, 6) is 0.348. The lowest BCUT2D eigenvalue weighted by Crippen LogP contribution is -2.34. The minimum Gasteiger partial charge on any atom is -0.495 e. The molecule has 7 heteroatoms. The van der Waals surface area contributed by atoms with Gasteiger partial charge in [-0.1, -0.05) is 12.1 Å². The molecule has 0 saturated carbocycles. The van der Waals surface area contributed by atoms with Crippen LogP contribution in [0.5, 0.6) is 5.75 Å². The van der Waals surface area contributed by atoms with Gasteiger partial charge in [-0.15, -0.1) is 11.3 Å². The fourth-order valence-electron chi connectivity index (χ4n) is 2.19. The highest BCUT2D eigenvalue weighted by Crippen LogP contribution is 2.27. The number of thiophene rings is 1. The Labute approximate surface area is 138 Å². The first-order valence-corrected chi connectivity index (χ1v) is 7.91. The molecule has 3 amide bonds. The second-order valence-electron chi connectivity index (χ2n) is 5.03. The topological polar surface area (TPSA) is 93.4 Å². The van der Waals surface area contributed by atoms with E-state index < -0.39 is 12.1 Å². The zero-order valence-corrected chi connectivity index (χ0v) is 13.8. The van der Waals surface area contributed by atoms with Gasteiger partial charge in [0.25, 0.3) is 0 Å². The normalized spacial score (nSPS) is 11.6. The molecule has 0 fully saturated rings. The van der Waals surface area contributed by atoms with Crippen molar-refractivity contribution < 1.29 is 14.3 Å². The van der Waals surface area contributed by atoms with Crippen LogP contribution in [-0.2, 0) is 4.79 Å². The van der Waals surface area contributed by atoms with Crippen LogP contribution in [0.1, 0.15) is 22.9 Å². The van der Waals surface area contributed by atoms with E-state index in [1.54, 1.807) is 13.2 Å². The quantitative estimate of drug-likeness (QED) is 0.759. The maximum atomic E-state index is 12.3. The van der Waals surface area contributed by atoms with Gasteiger partial charge in [-0.05, 0) is 36.1 Å². The van der Waals surface area contributed by atoms with Crippen LogP contribution in [0.15, 0.2) is 35.7 Å². The SMILES string of the molecule is COc1ccc(C)cc1NC(=O)C[C@H](NC(N)=O)c1cccs1. The molecular formula is C16H19N3O3S. The summed E-state index contributed by atoms with van der Waals surface area (Å²) >= 11 is 1.46. The van der Waals surface area contributed by atoms with Gasteiger partial charge >= 0.3 is 6.03 Å². The molecule has 0 spiro atoms. The van der Waals surface area contributed by atoms with Gasteiger partial charge in [-0.2, -0.15) is 0 Å². The van der Waals surface area contributed by atoms with Gasteiger partial charge in [-0.25, -0.2) is 4.79 Å². The zero-order valence-electron chi connectivity index (χ0n) is 13.0. The predicted octanol–water partition coefficient (Wildman–Crippen LogP) is 2.80. The monoisotopic (exact) mass is 333 g/mol. The largest absolute Gasteiger partial charge is 0.495 e. The lowest BCUT2D eigenvalue weighted by molar-refractivity contribution is -0.116. The third-order valence-corrected chi connectivity index (χ3v) is 4.21. The average molecular weight is 333 g/mol. The van der Waals surface area contributed by atoms with Gasteiger partial charge in [0.2, 0.25) is 5.91 Å². The summed E-state index contributed by atoms with van der Waals surface area (Å²) in [5, 5.41) is 7.29. The number of urea groups is 1. The first-order valence-electron chi connectivity index (χ1n) is 7.03. The molecule has 0 aliphatic heterocycles. The first kappa shape index (κ1) is 16.8. The lowest BCUT2D eigenvalue weighted by Gasteiger charge is -2.17. The number of anilines is 1. The molecule has 4 N–H and O–H groups in total. The Morgan fingerprint density at radius 3 is 2.74 bits per heavy atom. The number of carbonyl (C=O) groups excluding carboxylic acids is 2. The molecule has 0 radical (unpaired) electrons. The van der Waals surface area contributed by atoms with Gasteiger partial charge in [-0.3, -0.25) is 4.79 Å². The number of carbonyl (C=O) groups is 2. The number of hydrogen-bond donors (Lipinski definition) is 3. The number of nitrogens with one attached hydrogen (secondary N) is 2. The number of ether oxygens (including phenoxy) is 1. The number of hydrogen-bond acceptors (Lipinski definition) is 4. The fraction of sp³-hybridized carbons (Fsp3) is 0.250. The standard InChI is InChI=1S/C16H19N3O3S/c1-10-5-6-13(22-2)11(8-10)18-15(20)9-12(19-16(17)21)14-4-3-7-23-14/h3-8,12H,9H2,1-2H3,(H,18,20)(H3,17,19,21)/t12-/m0/s1. The van der Waals surface area contributed by atoms with E-state index in [0.717, 1.165) is 10.4 Å². The van der Waals surface area contributed by atoms with Crippen molar-refractivity contribution >= 4 is 29.0 Å². The molecule has 0 aliphatic rings. The average Bonchev–Trinajstić information content (AvgIpc) is 3.00. The smallest absolute Gasteiger partial charge is 0.312 e. The maximum absolute atomic E-state index is 12.3. The maximum Gasteiger partial charge on any atom is 0.312 e. The lowest BCUT2D eigenvalue weighted by atomic mass is 10.1. The van der Waals surface area contributed by atoms with Crippen LogP contribution < -0.4 is 21.1 Å². The van der Waals surface area contributed by atoms with Crippen molar-refractivity contribution in [2.45, 2.75) is 19.4 Å². The molecular weight excluding hydrogens is 314 g/mol. The third-order valence-electron chi connectivity index (χ3n) is 3.22. The van der Waals surface area contributed by atoms with Crippen molar-refractivity contribution in [2.75, 3.05) is 12.4 Å². The molecule has 6 nitrogen and oxygen atoms in total. The van der Waals surface area contributed by atoms with Crippen LogP contribution in [0, 0.1) is 6.92 Å². The van der Waals surface area contributed by atoms with Crippen LogP contribution in [0.2, 0.25) is 0 Å². The Hall–Kier alpha value is -2.54. The molecule has 0 unspecified atom stereocenters. The number of amides is 3. The second-order valence-corrected chi connectivity index (χ2v) is 6.01. The molecule has 0 bridgehead atoms. The molecule has 1 atom stereocenters. The highest BCUT2D eigenvalue weighted by atomic mass is 32.1. The van der Waals surface area contributed by atoms with E-state index in [2.05, 4.69) is 10.6 Å². The highest BCUT2D eigenvalue weighted by Gasteiger charge is 2.19. The minimum absolute atomic E-state index is 0.0839. The number of rotatable bonds is 6. The summed E-state index contributed by atoms with van der Waals surface area (Å²) in [4.78, 5) is 24.3. The molecule has 2 aromatic rings. The number of nitrogens with two attached hydrogens (primary N) is 1. The molecule has 122 valence electrons. The summed E-state index contributed by atoms with van der Waals surface area (Å²) in [5.41, 5.74) is 6.80. The van der Waals surface area contributed by atoms with Gasteiger partial charge in [0.05, 0.1) is 25.3 Å². The minimum atomic E-state index is -0.663. The molecule has 2 rings (SSSR count). The van der Waals surface area contributed by atoms with Crippen molar-refractivity contribution in [3.63, 3.8) is 0 Å². The van der Waals surface area contributed by atoms with Crippen LogP contribution in [-0.4, -0.2) is 19.0 Å². The van der Waals surface area contributed by atoms with E-state index in [1.807, 2.05) is 36.6 Å². The van der Waals surface area contributed by atoms with E-state index in [4.69, 9.17) is 10.5 Å². The van der Waals surface area contributed by atoms with Gasteiger partial charge in [0.15, 0.2) is 0 Å². The fourth-order valence-corrected chi connectivity index (χ4v) is 2.97. The molecule has 1 aromatic heterocycles. The summed E-state index contributed by atoms with van der Waals surface area (Å²) in [6, 6.07) is 8.12. The second kappa shape index (κ2) is 7.64. The molecule has 23 heavy (non-hydrogen) atoms. The third kappa shape index (κ3) is 4.72. The van der Waals surface area contributed by atoms with Crippen molar-refractivity contribution in [1.82, 2.24) is 5.32 Å². The molecule has 1 aromatic carbocycles. The number of aryl methyl sites for hydroxylation is 1. The van der Waals surface area contributed by atoms with E-state index in [0.29, 0.717) is 11.4 Å². The van der Waals surface area contributed by atoms with Crippen molar-refractivity contribution in [2.24, 2.45) is 5.73 Å². The number of methoxy groups -OCH3 is 1. The number of benzene rings is 1. The van der Waals surface area contributed by atoms with E-state index in [-0.39, 0.29) is 12.3 Å². The number of primary amides is 1. The van der Waals surface area contributed by atoms with Gasteiger partial charge in [0, 0.05) is 4.88 Å². The van der Waals surface area contributed by atoms with Crippen LogP contribution in [0.3, 0.4) is 0 Å². The van der Waals surface area contributed by atoms with Crippen molar-refractivity contribution in [3.8, 4) is 5.75 Å². The Morgan fingerprint density at radius 2 is 2.13 bits per heavy atom. The van der Waals surface area contributed by atoms with E-state index in [1.165, 1.54) is 11.3 Å². The summed E-state index contributed by atoms with van der Waals surface area (Å²) < 4.78 is 5.24. The summed E-state index contributed by atoms with van der Waals surface area (Å²) in [6.45, 7) is 1.93. The highest BCUT2D eigenvalue weighted by molar-refractivity contribution is 7.10. The molecule has 0 aliphatic carbocycles.